The lowest BCUT2D eigenvalue weighted by Crippen LogP contribution is -2.27. The van der Waals surface area contributed by atoms with Crippen molar-refractivity contribution in [3.8, 4) is 5.75 Å². The van der Waals surface area contributed by atoms with Crippen molar-refractivity contribution in [1.29, 1.82) is 0 Å². The highest BCUT2D eigenvalue weighted by Gasteiger charge is 2.17. The van der Waals surface area contributed by atoms with Gasteiger partial charge in [-0.3, -0.25) is 5.32 Å². The van der Waals surface area contributed by atoms with Crippen molar-refractivity contribution in [3.05, 3.63) is 23.8 Å². The smallest absolute Gasteiger partial charge is 0.412 e. The molecule has 0 radical (unpaired) electrons. The van der Waals surface area contributed by atoms with E-state index in [0.29, 0.717) is 11.4 Å². The molecule has 0 aliphatic carbocycles. The minimum absolute atomic E-state index is 0.0931. The van der Waals surface area contributed by atoms with Crippen LogP contribution in [-0.4, -0.2) is 18.8 Å². The summed E-state index contributed by atoms with van der Waals surface area (Å²) in [5, 5.41) is 2.66. The van der Waals surface area contributed by atoms with Crippen molar-refractivity contribution in [2.45, 2.75) is 39.3 Å². The Bertz CT molecular complexity index is 450. The lowest BCUT2D eigenvalue weighted by atomic mass is 10.1. The van der Waals surface area contributed by atoms with E-state index >= 15 is 0 Å². The summed E-state index contributed by atoms with van der Waals surface area (Å²) >= 11 is 0. The second-order valence-corrected chi connectivity index (χ2v) is 5.38. The van der Waals surface area contributed by atoms with Crippen molar-refractivity contribution in [2.24, 2.45) is 5.73 Å². The molecule has 0 heterocycles. The van der Waals surface area contributed by atoms with Crippen LogP contribution in [0.4, 0.5) is 10.5 Å². The average molecular weight is 266 g/mol. The molecule has 1 atom stereocenters. The van der Waals surface area contributed by atoms with E-state index in [-0.39, 0.29) is 6.04 Å². The van der Waals surface area contributed by atoms with Crippen LogP contribution in [-0.2, 0) is 4.74 Å². The summed E-state index contributed by atoms with van der Waals surface area (Å²) in [5.74, 6) is 0.556. The molecule has 0 aromatic heterocycles. The first-order chi connectivity index (χ1) is 8.73. The van der Waals surface area contributed by atoms with Crippen molar-refractivity contribution >= 4 is 11.8 Å². The summed E-state index contributed by atoms with van der Waals surface area (Å²) in [6, 6.07) is 5.31. The third-order valence-electron chi connectivity index (χ3n) is 2.39. The van der Waals surface area contributed by atoms with E-state index in [9.17, 15) is 4.79 Å². The summed E-state index contributed by atoms with van der Waals surface area (Å²) in [6.45, 7) is 7.31. The number of nitrogens with two attached hydrogens (primary N) is 1. The van der Waals surface area contributed by atoms with E-state index in [2.05, 4.69) is 5.32 Å². The first-order valence-electron chi connectivity index (χ1n) is 6.16. The summed E-state index contributed by atoms with van der Waals surface area (Å²) < 4.78 is 10.4. The first kappa shape index (κ1) is 15.3. The van der Waals surface area contributed by atoms with Crippen LogP contribution in [0.1, 0.15) is 39.3 Å². The van der Waals surface area contributed by atoms with E-state index < -0.39 is 11.7 Å². The molecule has 0 bridgehead atoms. The molecule has 0 aliphatic rings. The van der Waals surface area contributed by atoms with Gasteiger partial charge in [-0.2, -0.15) is 0 Å². The van der Waals surface area contributed by atoms with E-state index in [1.165, 1.54) is 0 Å². The Hall–Kier alpha value is -1.75. The molecule has 0 saturated carbocycles. The summed E-state index contributed by atoms with van der Waals surface area (Å²) in [6.07, 6.45) is -0.514. The number of carbonyl (C=O) groups excluding carboxylic acids is 1. The molecule has 0 fully saturated rings. The molecule has 1 aromatic rings. The fourth-order valence-corrected chi connectivity index (χ4v) is 1.51. The second kappa shape index (κ2) is 5.93. The van der Waals surface area contributed by atoms with E-state index in [1.807, 2.05) is 33.8 Å². The molecular formula is C14H22N2O3. The lowest BCUT2D eigenvalue weighted by molar-refractivity contribution is 0.0635. The highest BCUT2D eigenvalue weighted by atomic mass is 16.6. The molecule has 106 valence electrons. The van der Waals surface area contributed by atoms with Gasteiger partial charge in [-0.25, -0.2) is 4.79 Å². The number of methoxy groups -OCH3 is 1. The van der Waals surface area contributed by atoms with Gasteiger partial charge in [-0.1, -0.05) is 6.07 Å². The van der Waals surface area contributed by atoms with Gasteiger partial charge in [0.2, 0.25) is 0 Å². The number of hydrogen-bond acceptors (Lipinski definition) is 4. The number of rotatable bonds is 3. The molecule has 1 aromatic carbocycles. The number of ether oxygens (including phenoxy) is 2. The van der Waals surface area contributed by atoms with Gasteiger partial charge in [0, 0.05) is 6.04 Å². The zero-order valence-electron chi connectivity index (χ0n) is 12.1. The fraction of sp³-hybridized carbons (Fsp3) is 0.500. The number of amides is 1. The van der Waals surface area contributed by atoms with Crippen molar-refractivity contribution in [2.75, 3.05) is 12.4 Å². The van der Waals surface area contributed by atoms with Crippen LogP contribution in [0.25, 0.3) is 0 Å². The Morgan fingerprint density at radius 2 is 2.00 bits per heavy atom. The maximum atomic E-state index is 11.7. The summed E-state index contributed by atoms with van der Waals surface area (Å²) in [4.78, 5) is 11.7. The van der Waals surface area contributed by atoms with Gasteiger partial charge < -0.3 is 15.2 Å². The Labute approximate surface area is 114 Å². The topological polar surface area (TPSA) is 73.6 Å². The average Bonchev–Trinajstić information content (AvgIpc) is 2.26. The van der Waals surface area contributed by atoms with Crippen LogP contribution >= 0.6 is 0 Å². The molecule has 5 heteroatoms. The highest BCUT2D eigenvalue weighted by Crippen LogP contribution is 2.28. The van der Waals surface area contributed by atoms with Crippen molar-refractivity contribution < 1.29 is 14.3 Å². The van der Waals surface area contributed by atoms with Gasteiger partial charge in [0.05, 0.1) is 12.8 Å². The van der Waals surface area contributed by atoms with Crippen LogP contribution in [0.15, 0.2) is 18.2 Å². The number of carbonyl (C=O) groups is 1. The van der Waals surface area contributed by atoms with Crippen LogP contribution in [0.3, 0.4) is 0 Å². The predicted octanol–water partition coefficient (Wildman–Crippen LogP) is 3.06. The highest BCUT2D eigenvalue weighted by molar-refractivity contribution is 5.87. The zero-order valence-corrected chi connectivity index (χ0v) is 12.1. The van der Waals surface area contributed by atoms with Crippen LogP contribution in [0.5, 0.6) is 5.75 Å². The Morgan fingerprint density at radius 1 is 1.37 bits per heavy atom. The minimum atomic E-state index is -0.539. The van der Waals surface area contributed by atoms with Gasteiger partial charge in [0.1, 0.15) is 11.4 Å². The normalized spacial score (nSPS) is 12.7. The second-order valence-electron chi connectivity index (χ2n) is 5.38. The quantitative estimate of drug-likeness (QED) is 0.881. The molecular weight excluding hydrogens is 244 g/mol. The number of hydrogen-bond donors (Lipinski definition) is 2. The molecule has 1 rings (SSSR count). The van der Waals surface area contributed by atoms with Gasteiger partial charge in [-0.15, -0.1) is 0 Å². The van der Waals surface area contributed by atoms with Gasteiger partial charge in [0.15, 0.2) is 0 Å². The van der Waals surface area contributed by atoms with E-state index in [4.69, 9.17) is 15.2 Å². The monoisotopic (exact) mass is 266 g/mol. The zero-order chi connectivity index (χ0) is 14.6. The SMILES string of the molecule is COc1cc(C(C)N)ccc1NC(=O)OC(C)(C)C. The minimum Gasteiger partial charge on any atom is -0.495 e. The Kier molecular flexibility index (Phi) is 4.78. The molecule has 3 N–H and O–H groups in total. The van der Waals surface area contributed by atoms with Gasteiger partial charge in [0.25, 0.3) is 0 Å². The van der Waals surface area contributed by atoms with Gasteiger partial charge in [-0.05, 0) is 45.4 Å². The van der Waals surface area contributed by atoms with Crippen molar-refractivity contribution in [1.82, 2.24) is 0 Å². The maximum absolute atomic E-state index is 11.7. The fourth-order valence-electron chi connectivity index (χ4n) is 1.51. The van der Waals surface area contributed by atoms with Gasteiger partial charge >= 0.3 is 6.09 Å². The Balaban J connectivity index is 2.86. The standard InChI is InChI=1S/C14H22N2O3/c1-9(15)10-6-7-11(12(8-10)18-5)16-13(17)19-14(2,3)4/h6-9H,15H2,1-5H3,(H,16,17). The lowest BCUT2D eigenvalue weighted by Gasteiger charge is -2.20. The molecule has 0 aliphatic heterocycles. The molecule has 0 spiro atoms. The summed E-state index contributed by atoms with van der Waals surface area (Å²) in [7, 11) is 1.54. The molecule has 5 nitrogen and oxygen atoms in total. The van der Waals surface area contributed by atoms with E-state index in [1.54, 1.807) is 19.2 Å². The van der Waals surface area contributed by atoms with Crippen LogP contribution < -0.4 is 15.8 Å². The predicted molar refractivity (Wildman–Crippen MR) is 75.5 cm³/mol. The maximum Gasteiger partial charge on any atom is 0.412 e. The molecule has 0 saturated heterocycles. The Morgan fingerprint density at radius 3 is 2.47 bits per heavy atom. The van der Waals surface area contributed by atoms with Crippen molar-refractivity contribution in [3.63, 3.8) is 0 Å². The van der Waals surface area contributed by atoms with Crippen LogP contribution in [0.2, 0.25) is 0 Å². The number of nitrogens with one attached hydrogen (secondary N) is 1. The van der Waals surface area contributed by atoms with E-state index in [0.717, 1.165) is 5.56 Å². The molecule has 1 unspecified atom stereocenters. The van der Waals surface area contributed by atoms with Crippen LogP contribution in [0, 0.1) is 0 Å². The first-order valence-corrected chi connectivity index (χ1v) is 6.16. The number of benzene rings is 1. The molecule has 1 amide bonds. The third-order valence-corrected chi connectivity index (χ3v) is 2.39. The number of anilines is 1. The summed E-state index contributed by atoms with van der Waals surface area (Å²) in [5.41, 5.74) is 6.76. The largest absolute Gasteiger partial charge is 0.495 e. The molecule has 19 heavy (non-hydrogen) atoms. The third kappa shape index (κ3) is 4.79.